The molecule has 4 aliphatic rings. The minimum absolute atomic E-state index is 0.0350. The van der Waals surface area contributed by atoms with Crippen molar-refractivity contribution in [3.8, 4) is 5.75 Å². The Hall–Kier alpha value is -7.50. The SMILES string of the molecule is COc1cc2cc(c1Cl)N(C)C(=O)C[C@H](OC(=O)Nc1ccc(NC(=O)[C@H](CCCNC(N)=O)NC(=O)[C@@H](NC(=O)CCCCCN3C(=O)C=CC3=O)C(C)C)cc1)[C@]1(C)CC[C@H]1[C@H](C)[C@@H]1C[C@@](O)(NC(=O)O1)[C@H](OC)/C=C/C=C(\C)C2. The molecule has 9 atom stereocenters. The first kappa shape index (κ1) is 63.7. The molecule has 3 aliphatic heterocycles. The van der Waals surface area contributed by atoms with Gasteiger partial charge >= 0.3 is 18.2 Å². The lowest BCUT2D eigenvalue weighted by molar-refractivity contribution is -0.166. The zero-order valence-electron chi connectivity index (χ0n) is 47.8. The number of anilines is 3. The number of carbonyl (C=O) groups excluding carboxylic acids is 9. The molecule has 3 heterocycles. The maximum atomic E-state index is 14.5. The van der Waals surface area contributed by atoms with Crippen molar-refractivity contribution in [1.82, 2.24) is 26.2 Å². The molecule has 1 saturated carbocycles. The van der Waals surface area contributed by atoms with Gasteiger partial charge in [0.2, 0.25) is 23.6 Å². The maximum Gasteiger partial charge on any atom is 0.411 e. The Morgan fingerprint density at radius 2 is 1.63 bits per heavy atom. The van der Waals surface area contributed by atoms with E-state index >= 15 is 0 Å². The van der Waals surface area contributed by atoms with Gasteiger partial charge in [-0.2, -0.15) is 0 Å². The summed E-state index contributed by atoms with van der Waals surface area (Å²) in [6, 6.07) is 6.74. The number of imide groups is 1. The monoisotopic (exact) mass is 1160 g/mol. The highest BCUT2D eigenvalue weighted by molar-refractivity contribution is 6.35. The van der Waals surface area contributed by atoms with E-state index in [-0.39, 0.29) is 85.2 Å². The number of unbranched alkanes of at least 4 members (excludes halogenated alkanes) is 2. The topological polar surface area (TPSA) is 315 Å². The van der Waals surface area contributed by atoms with Crippen LogP contribution >= 0.6 is 11.6 Å². The second-order valence-corrected chi connectivity index (χ2v) is 22.4. The van der Waals surface area contributed by atoms with E-state index in [0.29, 0.717) is 50.0 Å². The number of aliphatic hydroxyl groups is 1. The first-order valence-corrected chi connectivity index (χ1v) is 28.0. The summed E-state index contributed by atoms with van der Waals surface area (Å²) in [6.07, 6.45) is 6.31. The summed E-state index contributed by atoms with van der Waals surface area (Å²) in [4.78, 5) is 120. The Balaban J connectivity index is 1.16. The van der Waals surface area contributed by atoms with Crippen LogP contribution in [0.1, 0.15) is 104 Å². The molecule has 1 saturated heterocycles. The number of allylic oxidation sites excluding steroid dienone is 3. The molecule has 0 unspecified atom stereocenters. The molecule has 9 N–H and O–H groups in total. The molecular weight excluding hydrogens is 1080 g/mol. The van der Waals surface area contributed by atoms with Crippen LogP contribution in [0.25, 0.3) is 0 Å². The average Bonchev–Trinajstić information content (AvgIpc) is 1.82. The number of amides is 10. The molecular formula is C58H78ClN9O14. The molecule has 2 aromatic rings. The molecule has 0 radical (unpaired) electrons. The molecule has 10 amide bonds. The zero-order valence-corrected chi connectivity index (χ0v) is 48.5. The summed E-state index contributed by atoms with van der Waals surface area (Å²) < 4.78 is 23.5. The second kappa shape index (κ2) is 28.5. The van der Waals surface area contributed by atoms with Gasteiger partial charge < -0.3 is 56.0 Å². The Morgan fingerprint density at radius 1 is 0.951 bits per heavy atom. The Labute approximate surface area is 482 Å². The highest BCUT2D eigenvalue weighted by Gasteiger charge is 2.57. The van der Waals surface area contributed by atoms with Crippen LogP contribution in [0.5, 0.6) is 5.75 Å². The number of rotatable bonds is 20. The van der Waals surface area contributed by atoms with Crippen molar-refractivity contribution in [2.75, 3.05) is 49.9 Å². The third-order valence-corrected chi connectivity index (χ3v) is 16.2. The summed E-state index contributed by atoms with van der Waals surface area (Å²) in [7, 11) is 4.49. The van der Waals surface area contributed by atoms with Crippen molar-refractivity contribution in [3.63, 3.8) is 0 Å². The molecule has 23 nitrogen and oxygen atoms in total. The van der Waals surface area contributed by atoms with Gasteiger partial charge in [-0.1, -0.05) is 69.5 Å². The van der Waals surface area contributed by atoms with Gasteiger partial charge in [0.1, 0.15) is 41.2 Å². The molecule has 24 heteroatoms. The number of hydrogen-bond acceptors (Lipinski definition) is 14. The molecule has 2 fully saturated rings. The fraction of sp³-hybridized carbons (Fsp3) is 0.534. The molecule has 446 valence electrons. The Morgan fingerprint density at radius 3 is 2.26 bits per heavy atom. The lowest BCUT2D eigenvalue weighted by Gasteiger charge is -2.55. The molecule has 0 aromatic heterocycles. The van der Waals surface area contributed by atoms with Crippen LogP contribution in [0.3, 0.4) is 0 Å². The number of methoxy groups -OCH3 is 2. The highest BCUT2D eigenvalue weighted by Crippen LogP contribution is 2.56. The Kier molecular flexibility index (Phi) is 22.1. The van der Waals surface area contributed by atoms with Crippen molar-refractivity contribution in [3.05, 3.63) is 82.9 Å². The van der Waals surface area contributed by atoms with Gasteiger partial charge in [-0.05, 0) is 112 Å². The van der Waals surface area contributed by atoms with Crippen molar-refractivity contribution >= 4 is 82.3 Å². The summed E-state index contributed by atoms with van der Waals surface area (Å²) in [5, 5.41) is 28.3. The van der Waals surface area contributed by atoms with Crippen LogP contribution in [0.4, 0.5) is 31.4 Å². The largest absolute Gasteiger partial charge is 0.495 e. The average molecular weight is 1160 g/mol. The number of nitrogens with two attached hydrogens (primary N) is 1. The number of alkyl carbamates (subject to hydrolysis) is 1. The molecule has 4 bridgehead atoms. The summed E-state index contributed by atoms with van der Waals surface area (Å²) in [5.41, 5.74) is 5.16. The van der Waals surface area contributed by atoms with Crippen molar-refractivity contribution < 1.29 is 67.2 Å². The standard InChI is InChI=1S/C58H78ClN9O14/c1-33(2)51(65-46(69)17-10-9-11-27-68-47(70)22-23-48(68)71)53(74)64-40(15-13-26-61-54(60)75)52(73)62-37-18-20-38(21-19-37)63-55(76)82-45-31-49(72)67(6)41-29-36(30-42(79-7)50(41)59)28-34(3)14-12-16-44(80-8)58(78)32-43(81-56(77)66-58)35(4)39-24-25-57(39,45)5/h12,14,16,18-23,29-30,33,35,39-40,43-45,51,78H,9-11,13,15,17,24-28,31-32H2,1-8H3,(H,62,73)(H,63,76)(H,64,74)(H,65,69)(H,66,77)(H3,60,61,75)/b16-12+,34-14+/t35-,39-,40-,43-,44+,45-,51-,57+,58-/m0/s1. The van der Waals surface area contributed by atoms with Gasteiger partial charge in [0.15, 0.2) is 5.72 Å². The van der Waals surface area contributed by atoms with Crippen LogP contribution in [-0.2, 0) is 49.4 Å². The molecule has 2 aromatic carbocycles. The van der Waals surface area contributed by atoms with Gasteiger partial charge in [0, 0.05) is 69.0 Å². The third-order valence-electron chi connectivity index (χ3n) is 15.9. The summed E-state index contributed by atoms with van der Waals surface area (Å²) >= 11 is 6.87. The normalized spacial score (nSPS) is 25.5. The predicted octanol–water partition coefficient (Wildman–Crippen LogP) is 6.13. The zero-order chi connectivity index (χ0) is 60.1. The van der Waals surface area contributed by atoms with Crippen LogP contribution in [0.15, 0.2) is 72.4 Å². The number of hydrogen-bond donors (Lipinski definition) is 8. The van der Waals surface area contributed by atoms with Crippen LogP contribution in [-0.4, -0.2) is 134 Å². The van der Waals surface area contributed by atoms with Crippen LogP contribution in [0, 0.1) is 23.2 Å². The van der Waals surface area contributed by atoms with E-state index < -0.39 is 89.3 Å². The number of halogens is 1. The maximum absolute atomic E-state index is 14.5. The van der Waals surface area contributed by atoms with Gasteiger partial charge in [0.05, 0.1) is 19.2 Å². The number of fused-ring (bicyclic) bond motifs is 5. The molecule has 1 aliphatic carbocycles. The van der Waals surface area contributed by atoms with Crippen LogP contribution in [0.2, 0.25) is 5.02 Å². The second-order valence-electron chi connectivity index (χ2n) is 22.1. The molecule has 82 heavy (non-hydrogen) atoms. The van der Waals surface area contributed by atoms with Crippen molar-refractivity contribution in [2.45, 2.75) is 141 Å². The van der Waals surface area contributed by atoms with E-state index in [1.807, 2.05) is 26.8 Å². The van der Waals surface area contributed by atoms with E-state index in [9.17, 15) is 48.3 Å². The molecule has 6 rings (SSSR count). The summed E-state index contributed by atoms with van der Waals surface area (Å²) in [6.45, 7) is 9.56. The lowest BCUT2D eigenvalue weighted by atomic mass is 9.53. The number of urea groups is 1. The minimum atomic E-state index is -1.85. The number of carbonyl (C=O) groups is 9. The fourth-order valence-electron chi connectivity index (χ4n) is 11.0. The first-order chi connectivity index (χ1) is 38.9. The van der Waals surface area contributed by atoms with Gasteiger partial charge in [-0.15, -0.1) is 0 Å². The van der Waals surface area contributed by atoms with E-state index in [1.165, 1.54) is 55.5 Å². The number of primary amides is 1. The number of ether oxygens (including phenoxy) is 4. The van der Waals surface area contributed by atoms with Crippen molar-refractivity contribution in [2.24, 2.45) is 28.9 Å². The smallest absolute Gasteiger partial charge is 0.411 e. The minimum Gasteiger partial charge on any atom is -0.495 e. The van der Waals surface area contributed by atoms with Gasteiger partial charge in [-0.3, -0.25) is 44.3 Å². The highest BCUT2D eigenvalue weighted by atomic mass is 35.5. The number of benzene rings is 2. The van der Waals surface area contributed by atoms with Crippen molar-refractivity contribution in [1.29, 1.82) is 0 Å². The quantitative estimate of drug-likeness (QED) is 0.0547. The Bertz CT molecular complexity index is 2790. The predicted molar refractivity (Wildman–Crippen MR) is 305 cm³/mol. The fourth-order valence-corrected chi connectivity index (χ4v) is 11.3. The number of nitrogens with one attached hydrogen (secondary N) is 6. The first-order valence-electron chi connectivity index (χ1n) is 27.6. The lowest BCUT2D eigenvalue weighted by Crippen LogP contribution is -2.64. The number of nitrogens with zero attached hydrogens (tertiary/aromatic N) is 2. The van der Waals surface area contributed by atoms with Gasteiger partial charge in [-0.25, -0.2) is 14.4 Å². The van der Waals surface area contributed by atoms with Gasteiger partial charge in [0.25, 0.3) is 11.8 Å². The molecule has 0 spiro atoms. The van der Waals surface area contributed by atoms with Crippen LogP contribution < -0.4 is 47.3 Å². The van der Waals surface area contributed by atoms with E-state index in [1.54, 1.807) is 45.2 Å². The third kappa shape index (κ3) is 16.4. The summed E-state index contributed by atoms with van der Waals surface area (Å²) in [5.74, 6) is -3.51. The van der Waals surface area contributed by atoms with E-state index in [2.05, 4.69) is 31.9 Å². The van der Waals surface area contributed by atoms with E-state index in [4.69, 9.17) is 36.3 Å². The van der Waals surface area contributed by atoms with E-state index in [0.717, 1.165) is 16.0 Å².